The van der Waals surface area contributed by atoms with Crippen molar-refractivity contribution >= 4 is 5.91 Å². The largest absolute Gasteiger partial charge is 0.490 e. The standard InChI is InChI=1S/C16H24N2O2/c1-5-18(4)9-8-15(19)17-14-10-20-16-12(3)11(2)6-7-13(14)16/h6-7,14H,5,8-10H2,1-4H3,(H,17,19)/t14-/m0/s1. The van der Waals surface area contributed by atoms with Gasteiger partial charge in [-0.25, -0.2) is 0 Å². The minimum Gasteiger partial charge on any atom is -0.490 e. The lowest BCUT2D eigenvalue weighted by Gasteiger charge is -2.15. The summed E-state index contributed by atoms with van der Waals surface area (Å²) in [4.78, 5) is 14.1. The molecule has 0 fully saturated rings. The molecule has 0 saturated carbocycles. The van der Waals surface area contributed by atoms with Gasteiger partial charge in [-0.3, -0.25) is 4.79 Å². The number of nitrogens with zero attached hydrogens (tertiary/aromatic N) is 1. The minimum atomic E-state index is -0.0104. The van der Waals surface area contributed by atoms with Crippen molar-refractivity contribution in [1.82, 2.24) is 10.2 Å². The Bertz CT molecular complexity index is 499. The number of carbonyl (C=O) groups excluding carboxylic acids is 1. The van der Waals surface area contributed by atoms with Crippen LogP contribution in [0.1, 0.15) is 36.1 Å². The van der Waals surface area contributed by atoms with Gasteiger partial charge in [-0.2, -0.15) is 0 Å². The van der Waals surface area contributed by atoms with Crippen LogP contribution in [-0.4, -0.2) is 37.6 Å². The first kappa shape index (κ1) is 14.9. The molecule has 0 radical (unpaired) electrons. The van der Waals surface area contributed by atoms with E-state index in [1.807, 2.05) is 7.05 Å². The molecule has 0 spiro atoms. The van der Waals surface area contributed by atoms with Crippen molar-refractivity contribution in [2.75, 3.05) is 26.7 Å². The van der Waals surface area contributed by atoms with Crippen molar-refractivity contribution in [3.05, 3.63) is 28.8 Å². The SMILES string of the molecule is CCN(C)CCC(=O)N[C@H]1COc2c1ccc(C)c2C. The molecule has 0 unspecified atom stereocenters. The molecule has 1 aliphatic rings. The summed E-state index contributed by atoms with van der Waals surface area (Å²) in [7, 11) is 2.02. The number of fused-ring (bicyclic) bond motifs is 1. The first-order valence-corrected chi connectivity index (χ1v) is 7.23. The van der Waals surface area contributed by atoms with Gasteiger partial charge in [-0.05, 0) is 38.6 Å². The second-order valence-corrected chi connectivity index (χ2v) is 5.50. The van der Waals surface area contributed by atoms with Gasteiger partial charge in [0.2, 0.25) is 5.91 Å². The zero-order valence-corrected chi connectivity index (χ0v) is 12.8. The number of nitrogens with one attached hydrogen (secondary N) is 1. The second kappa shape index (κ2) is 6.27. The Labute approximate surface area is 121 Å². The van der Waals surface area contributed by atoms with E-state index in [4.69, 9.17) is 4.74 Å². The molecule has 0 bridgehead atoms. The Morgan fingerprint density at radius 3 is 2.90 bits per heavy atom. The third-order valence-corrected chi connectivity index (χ3v) is 4.07. The molecular formula is C16H24N2O2. The Kier molecular flexibility index (Phi) is 4.65. The highest BCUT2D eigenvalue weighted by Crippen LogP contribution is 2.36. The number of rotatable bonds is 5. The Balaban J connectivity index is 1.97. The third-order valence-electron chi connectivity index (χ3n) is 4.07. The molecular weight excluding hydrogens is 252 g/mol. The topological polar surface area (TPSA) is 41.6 Å². The van der Waals surface area contributed by atoms with E-state index in [-0.39, 0.29) is 11.9 Å². The Morgan fingerprint density at radius 1 is 1.45 bits per heavy atom. The molecule has 1 aliphatic heterocycles. The van der Waals surface area contributed by atoms with Gasteiger partial charge in [0.15, 0.2) is 0 Å². The van der Waals surface area contributed by atoms with Crippen molar-refractivity contribution in [1.29, 1.82) is 0 Å². The molecule has 1 amide bonds. The highest BCUT2D eigenvalue weighted by atomic mass is 16.5. The smallest absolute Gasteiger partial charge is 0.221 e. The van der Waals surface area contributed by atoms with Crippen LogP contribution >= 0.6 is 0 Å². The summed E-state index contributed by atoms with van der Waals surface area (Å²) in [5.74, 6) is 1.03. The lowest BCUT2D eigenvalue weighted by Crippen LogP contribution is -2.32. The first-order valence-electron chi connectivity index (χ1n) is 7.23. The molecule has 0 saturated heterocycles. The first-order chi connectivity index (χ1) is 9.52. The van der Waals surface area contributed by atoms with E-state index >= 15 is 0 Å². The van der Waals surface area contributed by atoms with E-state index in [1.165, 1.54) is 11.1 Å². The maximum atomic E-state index is 12.0. The molecule has 0 aromatic heterocycles. The molecule has 1 aromatic carbocycles. The van der Waals surface area contributed by atoms with Crippen LogP contribution in [0.4, 0.5) is 0 Å². The summed E-state index contributed by atoms with van der Waals surface area (Å²) in [6, 6.07) is 4.14. The van der Waals surface area contributed by atoms with Gasteiger partial charge in [0.25, 0.3) is 0 Å². The zero-order valence-electron chi connectivity index (χ0n) is 12.8. The van der Waals surface area contributed by atoms with Crippen LogP contribution < -0.4 is 10.1 Å². The molecule has 20 heavy (non-hydrogen) atoms. The average Bonchev–Trinajstić information content (AvgIpc) is 2.84. The number of amides is 1. The average molecular weight is 276 g/mol. The maximum Gasteiger partial charge on any atom is 0.221 e. The number of hydrogen-bond acceptors (Lipinski definition) is 3. The van der Waals surface area contributed by atoms with Crippen molar-refractivity contribution in [2.24, 2.45) is 0 Å². The molecule has 110 valence electrons. The number of benzene rings is 1. The van der Waals surface area contributed by atoms with E-state index < -0.39 is 0 Å². The Morgan fingerprint density at radius 2 is 2.20 bits per heavy atom. The van der Waals surface area contributed by atoms with Gasteiger partial charge >= 0.3 is 0 Å². The summed E-state index contributed by atoms with van der Waals surface area (Å²) in [5.41, 5.74) is 3.50. The van der Waals surface area contributed by atoms with E-state index in [1.54, 1.807) is 0 Å². The van der Waals surface area contributed by atoms with Crippen molar-refractivity contribution in [2.45, 2.75) is 33.2 Å². The van der Waals surface area contributed by atoms with Crippen molar-refractivity contribution in [3.8, 4) is 5.75 Å². The van der Waals surface area contributed by atoms with Crippen LogP contribution in [0.25, 0.3) is 0 Å². The normalized spacial score (nSPS) is 16.9. The van der Waals surface area contributed by atoms with Crippen LogP contribution in [0.5, 0.6) is 5.75 Å². The third kappa shape index (κ3) is 3.12. The highest BCUT2D eigenvalue weighted by molar-refractivity contribution is 5.77. The van der Waals surface area contributed by atoms with E-state index in [9.17, 15) is 4.79 Å². The molecule has 1 heterocycles. The zero-order chi connectivity index (χ0) is 14.7. The molecule has 1 N–H and O–H groups in total. The summed E-state index contributed by atoms with van der Waals surface area (Å²) in [6.07, 6.45) is 0.529. The van der Waals surface area contributed by atoms with E-state index in [0.717, 1.165) is 24.4 Å². The van der Waals surface area contributed by atoms with Gasteiger partial charge < -0.3 is 15.0 Å². The molecule has 4 nitrogen and oxygen atoms in total. The Hall–Kier alpha value is -1.55. The fourth-order valence-electron chi connectivity index (χ4n) is 2.37. The molecule has 1 aromatic rings. The predicted molar refractivity (Wildman–Crippen MR) is 80.1 cm³/mol. The van der Waals surface area contributed by atoms with Crippen molar-refractivity contribution in [3.63, 3.8) is 0 Å². The van der Waals surface area contributed by atoms with Gasteiger partial charge in [0.05, 0.1) is 6.04 Å². The fraction of sp³-hybridized carbons (Fsp3) is 0.562. The van der Waals surface area contributed by atoms with Gasteiger partial charge in [-0.15, -0.1) is 0 Å². The van der Waals surface area contributed by atoms with Crippen LogP contribution in [0.3, 0.4) is 0 Å². The molecule has 2 rings (SSSR count). The summed E-state index contributed by atoms with van der Waals surface area (Å²) in [5, 5.41) is 3.07. The number of hydrogen-bond donors (Lipinski definition) is 1. The number of aryl methyl sites for hydroxylation is 1. The van der Waals surface area contributed by atoms with E-state index in [0.29, 0.717) is 13.0 Å². The van der Waals surface area contributed by atoms with Gasteiger partial charge in [0.1, 0.15) is 12.4 Å². The van der Waals surface area contributed by atoms with Gasteiger partial charge in [0, 0.05) is 18.5 Å². The number of ether oxygens (including phenoxy) is 1. The number of carbonyl (C=O) groups is 1. The molecule has 1 atom stereocenters. The highest BCUT2D eigenvalue weighted by Gasteiger charge is 2.27. The summed E-state index contributed by atoms with van der Waals surface area (Å²) >= 11 is 0. The fourth-order valence-corrected chi connectivity index (χ4v) is 2.37. The second-order valence-electron chi connectivity index (χ2n) is 5.50. The van der Waals surface area contributed by atoms with Crippen LogP contribution in [0, 0.1) is 13.8 Å². The maximum absolute atomic E-state index is 12.0. The van der Waals surface area contributed by atoms with Crippen molar-refractivity contribution < 1.29 is 9.53 Å². The lowest BCUT2D eigenvalue weighted by atomic mass is 10.0. The minimum absolute atomic E-state index is 0.0104. The molecule has 0 aliphatic carbocycles. The van der Waals surface area contributed by atoms with Crippen LogP contribution in [0.2, 0.25) is 0 Å². The lowest BCUT2D eigenvalue weighted by molar-refractivity contribution is -0.122. The van der Waals surface area contributed by atoms with Gasteiger partial charge in [-0.1, -0.05) is 19.1 Å². The van der Waals surface area contributed by atoms with E-state index in [2.05, 4.69) is 43.1 Å². The van der Waals surface area contributed by atoms with Crippen LogP contribution in [0.15, 0.2) is 12.1 Å². The summed E-state index contributed by atoms with van der Waals surface area (Å²) in [6.45, 7) is 8.51. The summed E-state index contributed by atoms with van der Waals surface area (Å²) < 4.78 is 5.75. The monoisotopic (exact) mass is 276 g/mol. The quantitative estimate of drug-likeness (QED) is 0.896. The van der Waals surface area contributed by atoms with Crippen LogP contribution in [-0.2, 0) is 4.79 Å². The molecule has 4 heteroatoms. The predicted octanol–water partition coefficient (Wildman–Crippen LogP) is 2.19.